The molecule has 0 saturated heterocycles. The van der Waals surface area contributed by atoms with Crippen molar-refractivity contribution in [3.8, 4) is 6.07 Å². The van der Waals surface area contributed by atoms with Crippen LogP contribution in [0.4, 0.5) is 0 Å². The Bertz CT molecular complexity index is 590. The van der Waals surface area contributed by atoms with Crippen LogP contribution < -0.4 is 5.32 Å². The van der Waals surface area contributed by atoms with Crippen molar-refractivity contribution in [2.24, 2.45) is 0 Å². The summed E-state index contributed by atoms with van der Waals surface area (Å²) in [6, 6.07) is 12.2. The van der Waals surface area contributed by atoms with Gasteiger partial charge in [-0.1, -0.05) is 24.8 Å². The number of nitrogens with one attached hydrogen (secondary N) is 1. The molecule has 0 atom stereocenters. The molecule has 0 fully saturated rings. The second-order valence-electron chi connectivity index (χ2n) is 4.40. The van der Waals surface area contributed by atoms with E-state index < -0.39 is 0 Å². The summed E-state index contributed by atoms with van der Waals surface area (Å²) in [7, 11) is 0. The van der Waals surface area contributed by atoms with Gasteiger partial charge in [-0.25, -0.2) is 0 Å². The van der Waals surface area contributed by atoms with Crippen molar-refractivity contribution < 1.29 is 0 Å². The molecule has 4 heteroatoms. The van der Waals surface area contributed by atoms with E-state index in [1.807, 2.05) is 24.3 Å². The second-order valence-corrected chi connectivity index (χ2v) is 5.52. The van der Waals surface area contributed by atoms with Gasteiger partial charge in [-0.2, -0.15) is 5.26 Å². The average molecular weight is 283 g/mol. The van der Waals surface area contributed by atoms with Crippen molar-refractivity contribution in [2.45, 2.75) is 29.7 Å². The molecule has 1 heterocycles. The molecule has 0 aliphatic rings. The van der Waals surface area contributed by atoms with Crippen molar-refractivity contribution >= 4 is 11.8 Å². The average Bonchev–Trinajstić information content (AvgIpc) is 2.50. The number of nitriles is 1. The Morgan fingerprint density at radius 2 is 2.05 bits per heavy atom. The van der Waals surface area contributed by atoms with Crippen LogP contribution in [0.2, 0.25) is 0 Å². The Labute approximate surface area is 124 Å². The van der Waals surface area contributed by atoms with Crippen LogP contribution in [-0.2, 0) is 6.54 Å². The summed E-state index contributed by atoms with van der Waals surface area (Å²) < 4.78 is 0. The SMILES string of the molecule is CCCNCc1ccc(Sc2ccncc2)c(C#N)c1. The van der Waals surface area contributed by atoms with Gasteiger partial charge in [0.05, 0.1) is 5.56 Å². The zero-order valence-electron chi connectivity index (χ0n) is 11.5. The van der Waals surface area contributed by atoms with Crippen molar-refractivity contribution in [2.75, 3.05) is 6.54 Å². The molecule has 0 spiro atoms. The Hall–Kier alpha value is -1.83. The van der Waals surface area contributed by atoms with Crippen LogP contribution in [0.1, 0.15) is 24.5 Å². The monoisotopic (exact) mass is 283 g/mol. The van der Waals surface area contributed by atoms with Gasteiger partial charge >= 0.3 is 0 Å². The highest BCUT2D eigenvalue weighted by atomic mass is 32.2. The summed E-state index contributed by atoms with van der Waals surface area (Å²) in [6.07, 6.45) is 4.63. The fourth-order valence-corrected chi connectivity index (χ4v) is 2.67. The number of hydrogen-bond donors (Lipinski definition) is 1. The largest absolute Gasteiger partial charge is 0.313 e. The van der Waals surface area contributed by atoms with Crippen molar-refractivity contribution in [1.82, 2.24) is 10.3 Å². The maximum Gasteiger partial charge on any atom is 0.100 e. The quantitative estimate of drug-likeness (QED) is 0.823. The molecule has 2 rings (SSSR count). The van der Waals surface area contributed by atoms with Gasteiger partial charge in [0, 0.05) is 28.7 Å². The van der Waals surface area contributed by atoms with Crippen LogP contribution in [0.5, 0.6) is 0 Å². The standard InChI is InChI=1S/C16H17N3S/c1-2-7-19-12-13-3-4-16(14(10-13)11-17)20-15-5-8-18-9-6-15/h3-6,8-10,19H,2,7,12H2,1H3. The van der Waals surface area contributed by atoms with E-state index in [1.54, 1.807) is 24.2 Å². The predicted molar refractivity (Wildman–Crippen MR) is 81.5 cm³/mol. The Morgan fingerprint density at radius 3 is 2.75 bits per heavy atom. The topological polar surface area (TPSA) is 48.7 Å². The molecule has 0 aliphatic heterocycles. The second kappa shape index (κ2) is 7.68. The number of hydrogen-bond acceptors (Lipinski definition) is 4. The van der Waals surface area contributed by atoms with Gasteiger partial charge in [-0.05, 0) is 42.8 Å². The molecule has 1 aromatic heterocycles. The first-order valence-corrected chi connectivity index (χ1v) is 7.46. The Morgan fingerprint density at radius 1 is 1.25 bits per heavy atom. The first-order valence-electron chi connectivity index (χ1n) is 6.65. The number of benzene rings is 1. The van der Waals surface area contributed by atoms with Crippen LogP contribution in [-0.4, -0.2) is 11.5 Å². The van der Waals surface area contributed by atoms with Gasteiger partial charge < -0.3 is 5.32 Å². The third kappa shape index (κ3) is 4.09. The van der Waals surface area contributed by atoms with Gasteiger partial charge in [0.25, 0.3) is 0 Å². The maximum absolute atomic E-state index is 9.30. The smallest absolute Gasteiger partial charge is 0.100 e. The fraction of sp³-hybridized carbons (Fsp3) is 0.250. The lowest BCUT2D eigenvalue weighted by molar-refractivity contribution is 0.675. The van der Waals surface area contributed by atoms with E-state index in [4.69, 9.17) is 0 Å². The minimum atomic E-state index is 0.725. The first-order chi connectivity index (χ1) is 9.83. The molecule has 1 N–H and O–H groups in total. The highest BCUT2D eigenvalue weighted by Gasteiger charge is 2.05. The summed E-state index contributed by atoms with van der Waals surface area (Å²) in [5.41, 5.74) is 1.87. The van der Waals surface area contributed by atoms with Crippen molar-refractivity contribution in [1.29, 1.82) is 5.26 Å². The van der Waals surface area contributed by atoms with Gasteiger partial charge in [0.1, 0.15) is 6.07 Å². The number of rotatable bonds is 6. The molecular formula is C16H17N3S. The minimum absolute atomic E-state index is 0.725. The van der Waals surface area contributed by atoms with Gasteiger partial charge in [0.2, 0.25) is 0 Å². The summed E-state index contributed by atoms with van der Waals surface area (Å²) in [5.74, 6) is 0. The Kier molecular flexibility index (Phi) is 5.60. The van der Waals surface area contributed by atoms with Crippen LogP contribution in [0.15, 0.2) is 52.5 Å². The van der Waals surface area contributed by atoms with Crippen molar-refractivity contribution in [3.63, 3.8) is 0 Å². The van der Waals surface area contributed by atoms with Gasteiger partial charge in [-0.15, -0.1) is 0 Å². The molecule has 2 aromatic rings. The lowest BCUT2D eigenvalue weighted by Gasteiger charge is -2.07. The highest BCUT2D eigenvalue weighted by molar-refractivity contribution is 7.99. The van der Waals surface area contributed by atoms with Gasteiger partial charge in [0.15, 0.2) is 0 Å². The molecule has 0 unspecified atom stereocenters. The van der Waals surface area contributed by atoms with E-state index in [2.05, 4.69) is 29.4 Å². The van der Waals surface area contributed by atoms with Crippen LogP contribution >= 0.6 is 11.8 Å². The molecule has 0 bridgehead atoms. The molecule has 0 saturated carbocycles. The highest BCUT2D eigenvalue weighted by Crippen LogP contribution is 2.30. The minimum Gasteiger partial charge on any atom is -0.313 e. The van der Waals surface area contributed by atoms with E-state index in [9.17, 15) is 5.26 Å². The number of aromatic nitrogens is 1. The predicted octanol–water partition coefficient (Wildman–Crippen LogP) is 3.60. The number of nitrogens with zero attached hydrogens (tertiary/aromatic N) is 2. The molecule has 20 heavy (non-hydrogen) atoms. The molecule has 1 aromatic carbocycles. The maximum atomic E-state index is 9.30. The summed E-state index contributed by atoms with van der Waals surface area (Å²) in [5, 5.41) is 12.6. The van der Waals surface area contributed by atoms with E-state index in [0.717, 1.165) is 40.4 Å². The van der Waals surface area contributed by atoms with Gasteiger partial charge in [-0.3, -0.25) is 4.98 Å². The van der Waals surface area contributed by atoms with E-state index in [1.165, 1.54) is 0 Å². The van der Waals surface area contributed by atoms with Crippen LogP contribution in [0.25, 0.3) is 0 Å². The zero-order chi connectivity index (χ0) is 14.2. The Balaban J connectivity index is 2.12. The molecular weight excluding hydrogens is 266 g/mol. The normalized spacial score (nSPS) is 10.2. The molecule has 0 amide bonds. The van der Waals surface area contributed by atoms with Crippen LogP contribution in [0, 0.1) is 11.3 Å². The summed E-state index contributed by atoms with van der Waals surface area (Å²) in [6.45, 7) is 3.94. The fourth-order valence-electron chi connectivity index (χ4n) is 1.81. The molecule has 3 nitrogen and oxygen atoms in total. The summed E-state index contributed by atoms with van der Waals surface area (Å²) in [4.78, 5) is 6.07. The first kappa shape index (κ1) is 14.6. The zero-order valence-corrected chi connectivity index (χ0v) is 12.3. The lowest BCUT2D eigenvalue weighted by atomic mass is 10.1. The van der Waals surface area contributed by atoms with Crippen LogP contribution in [0.3, 0.4) is 0 Å². The number of pyridine rings is 1. The van der Waals surface area contributed by atoms with E-state index in [0.29, 0.717) is 0 Å². The third-order valence-electron chi connectivity index (χ3n) is 2.80. The lowest BCUT2D eigenvalue weighted by Crippen LogP contribution is -2.13. The molecule has 0 radical (unpaired) electrons. The van der Waals surface area contributed by atoms with E-state index >= 15 is 0 Å². The van der Waals surface area contributed by atoms with E-state index in [-0.39, 0.29) is 0 Å². The summed E-state index contributed by atoms with van der Waals surface area (Å²) >= 11 is 1.59. The van der Waals surface area contributed by atoms with Crippen molar-refractivity contribution in [3.05, 3.63) is 53.9 Å². The molecule has 0 aliphatic carbocycles. The third-order valence-corrected chi connectivity index (χ3v) is 3.88. The molecule has 102 valence electrons.